The molecule has 7 nitrogen and oxygen atoms in total. The van der Waals surface area contributed by atoms with E-state index in [4.69, 9.17) is 4.52 Å². The van der Waals surface area contributed by atoms with Crippen LogP contribution in [0, 0.1) is 10.1 Å². The molecule has 1 N–H and O–H groups in total. The molecule has 0 radical (unpaired) electrons. The molecular formula is C13H14N4O3. The molecule has 0 bridgehead atoms. The maximum absolute atomic E-state index is 10.8. The molecule has 1 aromatic heterocycles. The zero-order valence-corrected chi connectivity index (χ0v) is 10.8. The van der Waals surface area contributed by atoms with Gasteiger partial charge in [-0.15, -0.1) is 0 Å². The topological polar surface area (TPSA) is 94.1 Å². The van der Waals surface area contributed by atoms with E-state index >= 15 is 0 Å². The lowest BCUT2D eigenvalue weighted by molar-refractivity contribution is -0.384. The van der Waals surface area contributed by atoms with Gasteiger partial charge in [-0.05, 0) is 32.0 Å². The number of nitro benzene ring substituents is 1. The molecule has 1 aromatic carbocycles. The van der Waals surface area contributed by atoms with Gasteiger partial charge in [-0.25, -0.2) is 0 Å². The number of hydrogen-bond acceptors (Lipinski definition) is 6. The quantitative estimate of drug-likeness (QED) is 0.680. The Morgan fingerprint density at radius 2 is 2.15 bits per heavy atom. The van der Waals surface area contributed by atoms with Crippen molar-refractivity contribution in [1.29, 1.82) is 0 Å². The molecule has 0 spiro atoms. The predicted molar refractivity (Wildman–Crippen MR) is 71.2 cm³/mol. The normalized spacial score (nSPS) is 16.2. The highest BCUT2D eigenvalue weighted by atomic mass is 16.6. The average Bonchev–Trinajstić information content (AvgIpc) is 2.98. The molecule has 1 aliphatic heterocycles. The van der Waals surface area contributed by atoms with Crippen LogP contribution in [0.3, 0.4) is 0 Å². The van der Waals surface area contributed by atoms with Crippen molar-refractivity contribution in [2.45, 2.75) is 18.8 Å². The van der Waals surface area contributed by atoms with Crippen molar-refractivity contribution >= 4 is 5.69 Å². The number of rotatable bonds is 3. The van der Waals surface area contributed by atoms with Gasteiger partial charge in [-0.3, -0.25) is 10.1 Å². The van der Waals surface area contributed by atoms with Gasteiger partial charge in [0.05, 0.1) is 4.92 Å². The summed E-state index contributed by atoms with van der Waals surface area (Å²) in [5.41, 5.74) is 0.594. The smallest absolute Gasteiger partial charge is 0.270 e. The number of aromatic nitrogens is 2. The van der Waals surface area contributed by atoms with Gasteiger partial charge in [0, 0.05) is 23.6 Å². The van der Waals surface area contributed by atoms with E-state index in [0.29, 0.717) is 23.2 Å². The van der Waals surface area contributed by atoms with Gasteiger partial charge in [-0.1, -0.05) is 11.2 Å². The number of nitrogens with one attached hydrogen (secondary N) is 1. The van der Waals surface area contributed by atoms with Gasteiger partial charge < -0.3 is 9.84 Å². The van der Waals surface area contributed by atoms with Gasteiger partial charge in [0.2, 0.25) is 0 Å². The highest BCUT2D eigenvalue weighted by Gasteiger charge is 2.21. The number of hydrogen-bond donors (Lipinski definition) is 1. The Morgan fingerprint density at radius 1 is 1.35 bits per heavy atom. The van der Waals surface area contributed by atoms with Gasteiger partial charge in [0.1, 0.15) is 0 Å². The van der Waals surface area contributed by atoms with Crippen LogP contribution < -0.4 is 5.32 Å². The van der Waals surface area contributed by atoms with Gasteiger partial charge in [0.25, 0.3) is 11.6 Å². The Balaban J connectivity index is 1.85. The Kier molecular flexibility index (Phi) is 3.42. The van der Waals surface area contributed by atoms with Crippen molar-refractivity contribution in [1.82, 2.24) is 15.5 Å². The zero-order chi connectivity index (χ0) is 13.9. The molecule has 0 unspecified atom stereocenters. The van der Waals surface area contributed by atoms with Gasteiger partial charge in [-0.2, -0.15) is 4.98 Å². The number of piperidine rings is 1. The Bertz CT molecular complexity index is 620. The predicted octanol–water partition coefficient (Wildman–Crippen LogP) is 2.11. The summed E-state index contributed by atoms with van der Waals surface area (Å²) in [7, 11) is 0. The summed E-state index contributed by atoms with van der Waals surface area (Å²) in [6.45, 7) is 1.90. The second-order valence-corrected chi connectivity index (χ2v) is 4.79. The third-order valence-corrected chi connectivity index (χ3v) is 3.45. The first-order chi connectivity index (χ1) is 9.74. The second kappa shape index (κ2) is 5.38. The van der Waals surface area contributed by atoms with E-state index in [1.54, 1.807) is 12.1 Å². The summed E-state index contributed by atoms with van der Waals surface area (Å²) in [5.74, 6) is 1.32. The molecule has 2 heterocycles. The van der Waals surface area contributed by atoms with Crippen molar-refractivity contribution < 1.29 is 9.45 Å². The summed E-state index contributed by atoms with van der Waals surface area (Å²) in [6.07, 6.45) is 1.96. The largest absolute Gasteiger partial charge is 0.334 e. The standard InChI is InChI=1S/C13H14N4O3/c18-17(19)11-3-1-2-10(8-11)13-15-12(16-20-13)9-4-6-14-7-5-9/h1-3,8-9,14H,4-7H2. The third kappa shape index (κ3) is 2.53. The molecule has 0 aliphatic carbocycles. The molecule has 3 rings (SSSR count). The molecule has 1 aliphatic rings. The second-order valence-electron chi connectivity index (χ2n) is 4.79. The van der Waals surface area contributed by atoms with Crippen molar-refractivity contribution in [2.75, 3.05) is 13.1 Å². The minimum atomic E-state index is -0.437. The summed E-state index contributed by atoms with van der Waals surface area (Å²) < 4.78 is 5.23. The molecule has 0 atom stereocenters. The maximum Gasteiger partial charge on any atom is 0.270 e. The van der Waals surface area contributed by atoms with Crippen LogP contribution in [0.1, 0.15) is 24.6 Å². The van der Waals surface area contributed by atoms with E-state index in [9.17, 15) is 10.1 Å². The minimum absolute atomic E-state index is 0.0177. The van der Waals surface area contributed by atoms with Crippen LogP contribution in [0.15, 0.2) is 28.8 Å². The molecule has 20 heavy (non-hydrogen) atoms. The molecular weight excluding hydrogens is 260 g/mol. The first-order valence-electron chi connectivity index (χ1n) is 6.53. The van der Waals surface area contributed by atoms with Crippen LogP contribution in [-0.2, 0) is 0 Å². The summed E-state index contributed by atoms with van der Waals surface area (Å²) >= 11 is 0. The summed E-state index contributed by atoms with van der Waals surface area (Å²) in [5, 5.41) is 18.1. The molecule has 7 heteroatoms. The molecule has 2 aromatic rings. The number of nitrogens with zero attached hydrogens (tertiary/aromatic N) is 3. The van der Waals surface area contributed by atoms with Crippen molar-refractivity contribution in [3.63, 3.8) is 0 Å². The fourth-order valence-electron chi connectivity index (χ4n) is 2.35. The van der Waals surface area contributed by atoms with E-state index < -0.39 is 4.92 Å². The van der Waals surface area contributed by atoms with Crippen molar-refractivity contribution in [3.05, 3.63) is 40.2 Å². The lowest BCUT2D eigenvalue weighted by Gasteiger charge is -2.18. The van der Waals surface area contributed by atoms with E-state index in [-0.39, 0.29) is 5.69 Å². The molecule has 1 saturated heterocycles. The van der Waals surface area contributed by atoms with Crippen LogP contribution >= 0.6 is 0 Å². The van der Waals surface area contributed by atoms with Crippen LogP contribution in [0.5, 0.6) is 0 Å². The Morgan fingerprint density at radius 3 is 2.90 bits per heavy atom. The first-order valence-corrected chi connectivity index (χ1v) is 6.53. The number of nitro groups is 1. The lowest BCUT2D eigenvalue weighted by Crippen LogP contribution is -2.27. The molecule has 104 valence electrons. The Labute approximate surface area is 115 Å². The van der Waals surface area contributed by atoms with Gasteiger partial charge in [0.15, 0.2) is 5.82 Å². The monoisotopic (exact) mass is 274 g/mol. The fraction of sp³-hybridized carbons (Fsp3) is 0.385. The zero-order valence-electron chi connectivity index (χ0n) is 10.8. The number of benzene rings is 1. The van der Waals surface area contributed by atoms with E-state index in [0.717, 1.165) is 25.9 Å². The van der Waals surface area contributed by atoms with Crippen LogP contribution in [0.2, 0.25) is 0 Å². The van der Waals surface area contributed by atoms with Crippen molar-refractivity contribution in [3.8, 4) is 11.5 Å². The highest BCUT2D eigenvalue weighted by Crippen LogP contribution is 2.27. The summed E-state index contributed by atoms with van der Waals surface area (Å²) in [6, 6.07) is 6.22. The third-order valence-electron chi connectivity index (χ3n) is 3.45. The van der Waals surface area contributed by atoms with Crippen LogP contribution in [-0.4, -0.2) is 28.2 Å². The van der Waals surface area contributed by atoms with E-state index in [1.165, 1.54) is 12.1 Å². The van der Waals surface area contributed by atoms with E-state index in [2.05, 4.69) is 15.5 Å². The molecule has 0 saturated carbocycles. The highest BCUT2D eigenvalue weighted by molar-refractivity contribution is 5.57. The number of non-ortho nitro benzene ring substituents is 1. The minimum Gasteiger partial charge on any atom is -0.334 e. The fourth-order valence-corrected chi connectivity index (χ4v) is 2.35. The maximum atomic E-state index is 10.8. The SMILES string of the molecule is O=[N+]([O-])c1cccc(-c2nc(C3CCNCC3)no2)c1. The Hall–Kier alpha value is -2.28. The van der Waals surface area contributed by atoms with Crippen LogP contribution in [0.4, 0.5) is 5.69 Å². The average molecular weight is 274 g/mol. The molecule has 1 fully saturated rings. The van der Waals surface area contributed by atoms with E-state index in [1.807, 2.05) is 0 Å². The van der Waals surface area contributed by atoms with Crippen LogP contribution in [0.25, 0.3) is 11.5 Å². The first kappa shape index (κ1) is 12.7. The lowest BCUT2D eigenvalue weighted by atomic mass is 9.98. The molecule has 0 amide bonds. The van der Waals surface area contributed by atoms with Crippen molar-refractivity contribution in [2.24, 2.45) is 0 Å². The summed E-state index contributed by atoms with van der Waals surface area (Å²) in [4.78, 5) is 14.7. The van der Waals surface area contributed by atoms with Gasteiger partial charge >= 0.3 is 0 Å².